The highest BCUT2D eigenvalue weighted by molar-refractivity contribution is 5.82. The molecule has 2 aliphatic rings. The zero-order chi connectivity index (χ0) is 32.3. The number of ether oxygens (including phenoxy) is 4. The zero-order valence-electron chi connectivity index (χ0n) is 27.3. The molecule has 1 aromatic rings. The van der Waals surface area contributed by atoms with E-state index in [4.69, 9.17) is 18.9 Å². The lowest BCUT2D eigenvalue weighted by atomic mass is 9.91. The van der Waals surface area contributed by atoms with Crippen molar-refractivity contribution < 1.29 is 38.1 Å². The SMILES string of the molecule is COC(=O)C[C@@H](CCc1ccc(OC)c(OC)c1)NC(=O)[C@@H]1CCCN(C(=O)CCC2CCN(C(=O)OC(C)(C)C)CC2)C1. The van der Waals surface area contributed by atoms with Gasteiger partial charge in [0.1, 0.15) is 5.60 Å². The fraction of sp³-hybridized carbons (Fsp3) is 0.697. The Balaban J connectivity index is 1.48. The summed E-state index contributed by atoms with van der Waals surface area (Å²) in [7, 11) is 4.50. The molecule has 2 aliphatic heterocycles. The Kier molecular flexibility index (Phi) is 13.1. The fourth-order valence-electron chi connectivity index (χ4n) is 5.84. The van der Waals surface area contributed by atoms with Crippen LogP contribution in [0.2, 0.25) is 0 Å². The molecule has 0 aromatic heterocycles. The van der Waals surface area contributed by atoms with Crippen molar-refractivity contribution in [2.75, 3.05) is 47.5 Å². The van der Waals surface area contributed by atoms with Crippen molar-refractivity contribution in [1.82, 2.24) is 15.1 Å². The topological polar surface area (TPSA) is 124 Å². The Bertz CT molecular complexity index is 1130. The molecular formula is C33H51N3O8. The number of hydrogen-bond acceptors (Lipinski definition) is 8. The van der Waals surface area contributed by atoms with Gasteiger partial charge in [0.2, 0.25) is 11.8 Å². The number of piperidine rings is 2. The van der Waals surface area contributed by atoms with E-state index >= 15 is 0 Å². The lowest BCUT2D eigenvalue weighted by molar-refractivity contribution is -0.141. The summed E-state index contributed by atoms with van der Waals surface area (Å²) in [5.74, 6) is 0.847. The highest BCUT2D eigenvalue weighted by Gasteiger charge is 2.31. The quantitative estimate of drug-likeness (QED) is 0.344. The molecule has 2 fully saturated rings. The zero-order valence-corrected chi connectivity index (χ0v) is 27.3. The molecule has 44 heavy (non-hydrogen) atoms. The molecule has 2 atom stereocenters. The van der Waals surface area contributed by atoms with Crippen molar-refractivity contribution in [3.05, 3.63) is 23.8 Å². The van der Waals surface area contributed by atoms with Crippen LogP contribution >= 0.6 is 0 Å². The lowest BCUT2D eigenvalue weighted by Gasteiger charge is -2.35. The second-order valence-corrected chi connectivity index (χ2v) is 12.8. The van der Waals surface area contributed by atoms with Crippen LogP contribution in [-0.2, 0) is 30.3 Å². The van der Waals surface area contributed by atoms with E-state index in [0.29, 0.717) is 69.3 Å². The first-order valence-corrected chi connectivity index (χ1v) is 15.8. The van der Waals surface area contributed by atoms with Crippen molar-refractivity contribution >= 4 is 23.9 Å². The summed E-state index contributed by atoms with van der Waals surface area (Å²) in [4.78, 5) is 54.5. The number of nitrogens with zero attached hydrogens (tertiary/aromatic N) is 2. The minimum atomic E-state index is -0.516. The highest BCUT2D eigenvalue weighted by Crippen LogP contribution is 2.29. The number of nitrogens with one attached hydrogen (secondary N) is 1. The van der Waals surface area contributed by atoms with Crippen molar-refractivity contribution in [2.24, 2.45) is 11.8 Å². The third kappa shape index (κ3) is 10.9. The molecule has 2 saturated heterocycles. The fourth-order valence-corrected chi connectivity index (χ4v) is 5.84. The molecule has 11 heteroatoms. The molecule has 3 amide bonds. The number of carbonyl (C=O) groups is 4. The van der Waals surface area contributed by atoms with Crippen molar-refractivity contribution in [3.63, 3.8) is 0 Å². The summed E-state index contributed by atoms with van der Waals surface area (Å²) < 4.78 is 21.1. The van der Waals surface area contributed by atoms with Gasteiger partial charge in [-0.1, -0.05) is 6.07 Å². The van der Waals surface area contributed by atoms with E-state index in [9.17, 15) is 19.2 Å². The van der Waals surface area contributed by atoms with E-state index in [1.54, 1.807) is 19.1 Å². The number of amides is 3. The van der Waals surface area contributed by atoms with Gasteiger partial charge in [-0.25, -0.2) is 4.79 Å². The molecule has 0 radical (unpaired) electrons. The van der Waals surface area contributed by atoms with E-state index in [2.05, 4.69) is 5.32 Å². The first-order valence-electron chi connectivity index (χ1n) is 15.8. The van der Waals surface area contributed by atoms with Crippen LogP contribution in [0.4, 0.5) is 4.79 Å². The lowest BCUT2D eigenvalue weighted by Crippen LogP contribution is -2.48. The van der Waals surface area contributed by atoms with Crippen LogP contribution < -0.4 is 14.8 Å². The average molecular weight is 618 g/mol. The molecule has 0 spiro atoms. The highest BCUT2D eigenvalue weighted by atomic mass is 16.6. The number of rotatable bonds is 12. The van der Waals surface area contributed by atoms with Gasteiger partial charge in [0.15, 0.2) is 11.5 Å². The largest absolute Gasteiger partial charge is 0.493 e. The Morgan fingerprint density at radius 2 is 1.66 bits per heavy atom. The number of hydrogen-bond donors (Lipinski definition) is 1. The van der Waals surface area contributed by atoms with Crippen LogP contribution in [0.3, 0.4) is 0 Å². The molecule has 0 saturated carbocycles. The van der Waals surface area contributed by atoms with Crippen molar-refractivity contribution in [1.29, 1.82) is 0 Å². The van der Waals surface area contributed by atoms with Gasteiger partial charge in [0, 0.05) is 38.6 Å². The van der Waals surface area contributed by atoms with Gasteiger partial charge in [0.25, 0.3) is 0 Å². The standard InChI is InChI=1S/C33H51N3O8/c1-33(2,3)44-32(40)35-18-15-23(16-19-35)11-14-29(37)36-17-7-8-25(22-36)31(39)34-26(21-30(38)43-6)12-9-24-10-13-27(41-4)28(20-24)42-5/h10,13,20,23,25-26H,7-9,11-12,14-19,21-22H2,1-6H3,(H,34,39)/t25-,26-/m1/s1. The monoisotopic (exact) mass is 617 g/mol. The molecule has 1 aromatic carbocycles. The third-order valence-electron chi connectivity index (χ3n) is 8.39. The molecule has 0 aliphatic carbocycles. The van der Waals surface area contributed by atoms with Gasteiger partial charge in [0.05, 0.1) is 33.7 Å². The normalized spacial score (nSPS) is 18.3. The van der Waals surface area contributed by atoms with E-state index in [1.165, 1.54) is 7.11 Å². The summed E-state index contributed by atoms with van der Waals surface area (Å²) >= 11 is 0. The number of methoxy groups -OCH3 is 3. The minimum Gasteiger partial charge on any atom is -0.493 e. The Labute approximate surface area is 261 Å². The van der Waals surface area contributed by atoms with Gasteiger partial charge in [-0.3, -0.25) is 14.4 Å². The Morgan fingerprint density at radius 3 is 2.30 bits per heavy atom. The number of carbonyl (C=O) groups excluding carboxylic acids is 4. The smallest absolute Gasteiger partial charge is 0.410 e. The molecule has 3 rings (SSSR count). The van der Waals surface area contributed by atoms with Crippen LogP contribution in [0.5, 0.6) is 11.5 Å². The van der Waals surface area contributed by atoms with Crippen LogP contribution in [0.1, 0.15) is 77.7 Å². The van der Waals surface area contributed by atoms with Gasteiger partial charge >= 0.3 is 12.1 Å². The predicted octanol–water partition coefficient (Wildman–Crippen LogP) is 4.35. The summed E-state index contributed by atoms with van der Waals surface area (Å²) in [6, 6.07) is 5.27. The van der Waals surface area contributed by atoms with Crippen molar-refractivity contribution in [2.45, 2.75) is 90.2 Å². The van der Waals surface area contributed by atoms with E-state index in [0.717, 1.165) is 31.2 Å². The predicted molar refractivity (Wildman–Crippen MR) is 165 cm³/mol. The maximum atomic E-state index is 13.3. The molecule has 11 nitrogen and oxygen atoms in total. The number of aryl methyl sites for hydroxylation is 1. The minimum absolute atomic E-state index is 0.0663. The summed E-state index contributed by atoms with van der Waals surface area (Å²) in [6.45, 7) is 7.88. The molecule has 246 valence electrons. The molecule has 0 bridgehead atoms. The second-order valence-electron chi connectivity index (χ2n) is 12.8. The van der Waals surface area contributed by atoms with E-state index < -0.39 is 11.6 Å². The van der Waals surface area contributed by atoms with E-state index in [1.807, 2.05) is 43.9 Å². The number of likely N-dealkylation sites (tertiary alicyclic amines) is 2. The van der Waals surface area contributed by atoms with Gasteiger partial charge in [-0.15, -0.1) is 0 Å². The maximum absolute atomic E-state index is 13.3. The Morgan fingerprint density at radius 1 is 0.955 bits per heavy atom. The van der Waals surface area contributed by atoms with Gasteiger partial charge in [-0.05, 0) is 89.3 Å². The maximum Gasteiger partial charge on any atom is 0.410 e. The summed E-state index contributed by atoms with van der Waals surface area (Å²) in [5.41, 5.74) is 0.481. The average Bonchev–Trinajstić information content (AvgIpc) is 3.01. The molecule has 1 N–H and O–H groups in total. The van der Waals surface area contributed by atoms with Gasteiger partial charge < -0.3 is 34.1 Å². The molecule has 2 heterocycles. The second kappa shape index (κ2) is 16.5. The van der Waals surface area contributed by atoms with E-state index in [-0.39, 0.29) is 36.2 Å². The number of esters is 1. The third-order valence-corrected chi connectivity index (χ3v) is 8.39. The van der Waals surface area contributed by atoms with Gasteiger partial charge in [-0.2, -0.15) is 0 Å². The van der Waals surface area contributed by atoms with Crippen molar-refractivity contribution in [3.8, 4) is 11.5 Å². The summed E-state index contributed by atoms with van der Waals surface area (Å²) in [6.07, 6.45) is 5.30. The van der Waals surface area contributed by atoms with Crippen LogP contribution in [-0.4, -0.2) is 92.8 Å². The van der Waals surface area contributed by atoms with Crippen LogP contribution in [0, 0.1) is 11.8 Å². The molecular weight excluding hydrogens is 566 g/mol. The van der Waals surface area contributed by atoms with Crippen LogP contribution in [0.15, 0.2) is 18.2 Å². The Hall–Kier alpha value is -3.50. The van der Waals surface area contributed by atoms with Crippen LogP contribution in [0.25, 0.3) is 0 Å². The number of benzene rings is 1. The first-order chi connectivity index (χ1) is 20.9. The summed E-state index contributed by atoms with van der Waals surface area (Å²) in [5, 5.41) is 3.07. The first kappa shape index (κ1) is 35.0. The molecule has 0 unspecified atom stereocenters.